The quantitative estimate of drug-likeness (QED) is 0.863. The Balaban J connectivity index is 1.61. The first-order valence-electron chi connectivity index (χ1n) is 8.87. The minimum Gasteiger partial charge on any atom is -0.493 e. The zero-order chi connectivity index (χ0) is 19.4. The van der Waals surface area contributed by atoms with Gasteiger partial charge in [0.25, 0.3) is 0 Å². The van der Waals surface area contributed by atoms with E-state index in [4.69, 9.17) is 9.47 Å². The van der Waals surface area contributed by atoms with Crippen molar-refractivity contribution in [3.63, 3.8) is 0 Å². The van der Waals surface area contributed by atoms with Gasteiger partial charge in [0, 0.05) is 11.3 Å². The van der Waals surface area contributed by atoms with Crippen molar-refractivity contribution in [1.82, 2.24) is 0 Å². The van der Waals surface area contributed by atoms with Crippen molar-refractivity contribution < 1.29 is 27.5 Å². The summed E-state index contributed by atoms with van der Waals surface area (Å²) in [5.74, 6) is 1.41. The molecule has 0 unspecified atom stereocenters. The van der Waals surface area contributed by atoms with Crippen molar-refractivity contribution >= 4 is 5.69 Å². The van der Waals surface area contributed by atoms with Gasteiger partial charge < -0.3 is 19.3 Å². The molecule has 0 saturated carbocycles. The molecule has 1 heterocycles. The fraction of sp³-hybridized carbons (Fsp3) is 0.400. The van der Waals surface area contributed by atoms with E-state index in [1.165, 1.54) is 17.0 Å². The predicted molar refractivity (Wildman–Crippen MR) is 97.6 cm³/mol. The molecule has 2 aromatic rings. The Kier molecular flexibility index (Phi) is 5.79. The average molecular weight is 381 g/mol. The Morgan fingerprint density at radius 3 is 2.30 bits per heavy atom. The molecule has 27 heavy (non-hydrogen) atoms. The standard InChI is InChI=1S/C20H23F3N2O2/c1-26-18-7-6-15(12-19(18)27-2)14-24-8-10-25(11-9-24)17-5-3-4-16(13-17)20(21,22)23/h3-7,12-13H,8-11,14H2,1-2H3/p+1. The number of quaternary nitrogens is 1. The van der Waals surface area contributed by atoms with Crippen LogP contribution in [0.15, 0.2) is 42.5 Å². The van der Waals surface area contributed by atoms with Gasteiger partial charge in [-0.2, -0.15) is 13.2 Å². The third-order valence-corrected chi connectivity index (χ3v) is 4.91. The SMILES string of the molecule is COc1ccc(C[NH+]2CCN(c3cccc(C(F)(F)F)c3)CC2)cc1OC. The van der Waals surface area contributed by atoms with Crippen LogP contribution in [0.2, 0.25) is 0 Å². The van der Waals surface area contributed by atoms with Gasteiger partial charge in [0.15, 0.2) is 11.5 Å². The lowest BCUT2D eigenvalue weighted by molar-refractivity contribution is -0.914. The molecule has 0 aliphatic carbocycles. The van der Waals surface area contributed by atoms with Crippen LogP contribution < -0.4 is 19.3 Å². The fourth-order valence-corrected chi connectivity index (χ4v) is 3.42. The number of hydrogen-bond donors (Lipinski definition) is 1. The van der Waals surface area contributed by atoms with Crippen LogP contribution in [0.3, 0.4) is 0 Å². The van der Waals surface area contributed by atoms with Crippen LogP contribution in [0.25, 0.3) is 0 Å². The van der Waals surface area contributed by atoms with Gasteiger partial charge in [0.2, 0.25) is 0 Å². The van der Waals surface area contributed by atoms with Crippen molar-refractivity contribution in [2.45, 2.75) is 12.7 Å². The number of piperazine rings is 1. The molecule has 0 bridgehead atoms. The van der Waals surface area contributed by atoms with Crippen LogP contribution in [0.1, 0.15) is 11.1 Å². The molecular formula is C20H24F3N2O2+. The largest absolute Gasteiger partial charge is 0.493 e. The minimum absolute atomic E-state index is 0.597. The maximum Gasteiger partial charge on any atom is 0.416 e. The maximum atomic E-state index is 12.9. The van der Waals surface area contributed by atoms with E-state index in [2.05, 4.69) is 0 Å². The summed E-state index contributed by atoms with van der Waals surface area (Å²) in [6.07, 6.45) is -4.31. The van der Waals surface area contributed by atoms with Crippen LogP contribution in [0.4, 0.5) is 18.9 Å². The first-order chi connectivity index (χ1) is 12.9. The molecule has 1 aliphatic heterocycles. The summed E-state index contributed by atoms with van der Waals surface area (Å²) < 4.78 is 49.3. The van der Waals surface area contributed by atoms with Crippen LogP contribution >= 0.6 is 0 Å². The van der Waals surface area contributed by atoms with E-state index in [0.29, 0.717) is 17.2 Å². The molecule has 3 rings (SSSR count). The van der Waals surface area contributed by atoms with E-state index in [0.717, 1.165) is 44.4 Å². The second-order valence-electron chi connectivity index (χ2n) is 6.65. The number of halogens is 3. The first-order valence-corrected chi connectivity index (χ1v) is 8.87. The Morgan fingerprint density at radius 1 is 0.963 bits per heavy atom. The van der Waals surface area contributed by atoms with Gasteiger partial charge in [-0.05, 0) is 36.4 Å². The van der Waals surface area contributed by atoms with Crippen LogP contribution in [0.5, 0.6) is 11.5 Å². The van der Waals surface area contributed by atoms with Crippen LogP contribution in [0, 0.1) is 0 Å². The van der Waals surface area contributed by atoms with Crippen molar-refractivity contribution in [1.29, 1.82) is 0 Å². The number of hydrogen-bond acceptors (Lipinski definition) is 3. The zero-order valence-electron chi connectivity index (χ0n) is 15.5. The van der Waals surface area contributed by atoms with E-state index in [1.54, 1.807) is 20.3 Å². The number of anilines is 1. The molecule has 0 atom stereocenters. The highest BCUT2D eigenvalue weighted by Gasteiger charge is 2.31. The van der Waals surface area contributed by atoms with Gasteiger partial charge >= 0.3 is 6.18 Å². The molecule has 146 valence electrons. The van der Waals surface area contributed by atoms with Crippen molar-refractivity contribution in [3.8, 4) is 11.5 Å². The highest BCUT2D eigenvalue weighted by Crippen LogP contribution is 2.31. The maximum absolute atomic E-state index is 12.9. The Hall–Kier alpha value is -2.41. The molecule has 1 fully saturated rings. The molecule has 0 aromatic heterocycles. The predicted octanol–water partition coefficient (Wildman–Crippen LogP) is 2.63. The molecule has 7 heteroatoms. The second-order valence-corrected chi connectivity index (χ2v) is 6.65. The third kappa shape index (κ3) is 4.66. The Morgan fingerprint density at radius 2 is 1.67 bits per heavy atom. The Bertz CT molecular complexity index is 772. The summed E-state index contributed by atoms with van der Waals surface area (Å²) in [4.78, 5) is 3.42. The molecule has 0 spiro atoms. The fourth-order valence-electron chi connectivity index (χ4n) is 3.42. The lowest BCUT2D eigenvalue weighted by Gasteiger charge is -2.34. The second kappa shape index (κ2) is 8.08. The Labute approximate surface area is 157 Å². The van der Waals surface area contributed by atoms with Gasteiger partial charge in [-0.1, -0.05) is 6.07 Å². The van der Waals surface area contributed by atoms with E-state index < -0.39 is 11.7 Å². The minimum atomic E-state index is -4.31. The summed E-state index contributed by atoms with van der Waals surface area (Å²) >= 11 is 0. The number of methoxy groups -OCH3 is 2. The lowest BCUT2D eigenvalue weighted by atomic mass is 10.1. The number of benzene rings is 2. The van der Waals surface area contributed by atoms with Gasteiger partial charge in [-0.15, -0.1) is 0 Å². The topological polar surface area (TPSA) is 26.1 Å². The first kappa shape index (κ1) is 19.4. The lowest BCUT2D eigenvalue weighted by Crippen LogP contribution is -3.13. The number of nitrogens with zero attached hydrogens (tertiary/aromatic N) is 1. The van der Waals surface area contributed by atoms with Crippen molar-refractivity contribution in [2.75, 3.05) is 45.3 Å². The van der Waals surface area contributed by atoms with Crippen LogP contribution in [-0.2, 0) is 12.7 Å². The molecule has 2 aromatic carbocycles. The van der Waals surface area contributed by atoms with E-state index in [1.807, 2.05) is 23.1 Å². The van der Waals surface area contributed by atoms with Gasteiger partial charge in [-0.25, -0.2) is 0 Å². The molecule has 1 saturated heterocycles. The third-order valence-electron chi connectivity index (χ3n) is 4.91. The molecule has 0 radical (unpaired) electrons. The average Bonchev–Trinajstić information content (AvgIpc) is 2.68. The van der Waals surface area contributed by atoms with E-state index in [-0.39, 0.29) is 0 Å². The van der Waals surface area contributed by atoms with E-state index in [9.17, 15) is 13.2 Å². The van der Waals surface area contributed by atoms with Crippen LogP contribution in [-0.4, -0.2) is 40.4 Å². The van der Waals surface area contributed by atoms with Gasteiger partial charge in [0.1, 0.15) is 6.54 Å². The summed E-state index contributed by atoms with van der Waals surface area (Å²) in [5.41, 5.74) is 1.19. The molecule has 4 nitrogen and oxygen atoms in total. The molecule has 1 N–H and O–H groups in total. The molecule has 1 aliphatic rings. The normalized spacial score (nSPS) is 15.7. The molecular weight excluding hydrogens is 357 g/mol. The van der Waals surface area contributed by atoms with E-state index >= 15 is 0 Å². The highest BCUT2D eigenvalue weighted by molar-refractivity contribution is 5.49. The smallest absolute Gasteiger partial charge is 0.416 e. The summed E-state index contributed by atoms with van der Waals surface area (Å²) in [7, 11) is 3.22. The summed E-state index contributed by atoms with van der Waals surface area (Å²) in [6, 6.07) is 11.5. The monoisotopic (exact) mass is 381 g/mol. The summed E-state index contributed by atoms with van der Waals surface area (Å²) in [5, 5.41) is 0. The number of nitrogens with one attached hydrogen (secondary N) is 1. The summed E-state index contributed by atoms with van der Waals surface area (Å²) in [6.45, 7) is 4.03. The highest BCUT2D eigenvalue weighted by atomic mass is 19.4. The zero-order valence-corrected chi connectivity index (χ0v) is 15.5. The van der Waals surface area contributed by atoms with Gasteiger partial charge in [0.05, 0.1) is 46.0 Å². The number of ether oxygens (including phenoxy) is 2. The van der Waals surface area contributed by atoms with Crippen molar-refractivity contribution in [2.24, 2.45) is 0 Å². The number of rotatable bonds is 5. The molecule has 0 amide bonds. The van der Waals surface area contributed by atoms with Gasteiger partial charge in [-0.3, -0.25) is 0 Å². The number of alkyl halides is 3. The van der Waals surface area contributed by atoms with Crippen molar-refractivity contribution in [3.05, 3.63) is 53.6 Å².